The molecule has 0 radical (unpaired) electrons. The van der Waals surface area contributed by atoms with Crippen LogP contribution in [0.4, 0.5) is 5.69 Å². The molecule has 0 saturated carbocycles. The number of nitrogens with zero attached hydrogens (tertiary/aromatic N) is 1. The molecule has 0 saturated heterocycles. The van der Waals surface area contributed by atoms with Gasteiger partial charge in [0, 0.05) is 35.7 Å². The Bertz CT molecular complexity index is 967. The number of methoxy groups -OCH3 is 1. The molecule has 0 atom stereocenters. The molecule has 0 fully saturated rings. The van der Waals surface area contributed by atoms with Crippen molar-refractivity contribution in [1.29, 1.82) is 0 Å². The number of aromatic nitrogens is 1. The van der Waals surface area contributed by atoms with Crippen LogP contribution in [0.1, 0.15) is 11.3 Å². The monoisotopic (exact) mass is 395 g/mol. The highest BCUT2D eigenvalue weighted by Crippen LogP contribution is 2.24. The number of hydrogen-bond donors (Lipinski definition) is 2. The van der Waals surface area contributed by atoms with E-state index in [-0.39, 0.29) is 0 Å². The van der Waals surface area contributed by atoms with E-state index < -0.39 is 11.8 Å². The van der Waals surface area contributed by atoms with Crippen molar-refractivity contribution in [1.82, 2.24) is 10.3 Å². The number of amides is 2. The second-order valence-corrected chi connectivity index (χ2v) is 7.06. The van der Waals surface area contributed by atoms with Crippen molar-refractivity contribution in [3.8, 4) is 16.3 Å². The predicted octanol–water partition coefficient (Wildman–Crippen LogP) is 3.42. The van der Waals surface area contributed by atoms with Gasteiger partial charge in [-0.25, -0.2) is 4.98 Å². The summed E-state index contributed by atoms with van der Waals surface area (Å²) in [5.41, 5.74) is 3.66. The third-order valence-corrected chi connectivity index (χ3v) is 4.99. The molecule has 2 aromatic carbocycles. The van der Waals surface area contributed by atoms with Gasteiger partial charge in [0.05, 0.1) is 12.8 Å². The molecule has 0 aliphatic carbocycles. The summed E-state index contributed by atoms with van der Waals surface area (Å²) in [6.45, 7) is 2.38. The number of benzene rings is 2. The highest BCUT2D eigenvalue weighted by molar-refractivity contribution is 7.13. The van der Waals surface area contributed by atoms with E-state index in [0.29, 0.717) is 24.4 Å². The topological polar surface area (TPSA) is 80.3 Å². The van der Waals surface area contributed by atoms with Crippen LogP contribution in [0.5, 0.6) is 5.75 Å². The van der Waals surface area contributed by atoms with Crippen LogP contribution >= 0.6 is 11.3 Å². The van der Waals surface area contributed by atoms with Gasteiger partial charge in [-0.2, -0.15) is 0 Å². The highest BCUT2D eigenvalue weighted by atomic mass is 32.1. The molecule has 3 rings (SSSR count). The summed E-state index contributed by atoms with van der Waals surface area (Å²) in [6, 6.07) is 15.0. The Labute approximate surface area is 167 Å². The van der Waals surface area contributed by atoms with Crippen molar-refractivity contribution in [3.63, 3.8) is 0 Å². The number of anilines is 1. The van der Waals surface area contributed by atoms with Gasteiger partial charge in [-0.15, -0.1) is 11.3 Å². The van der Waals surface area contributed by atoms with Crippen LogP contribution in [0.2, 0.25) is 0 Å². The average Bonchev–Trinajstić information content (AvgIpc) is 3.17. The number of ether oxygens (including phenoxy) is 1. The molecule has 6 nitrogen and oxygen atoms in total. The second kappa shape index (κ2) is 9.14. The molecular weight excluding hydrogens is 374 g/mol. The Hall–Kier alpha value is -3.19. The Balaban J connectivity index is 1.48. The molecule has 144 valence electrons. The van der Waals surface area contributed by atoms with Gasteiger partial charge in [0.1, 0.15) is 10.8 Å². The van der Waals surface area contributed by atoms with Crippen LogP contribution in [0.15, 0.2) is 53.9 Å². The van der Waals surface area contributed by atoms with Crippen LogP contribution in [0, 0.1) is 6.92 Å². The fraction of sp³-hybridized carbons (Fsp3) is 0.190. The quantitative estimate of drug-likeness (QED) is 0.627. The number of nitrogens with one attached hydrogen (secondary N) is 2. The third kappa shape index (κ3) is 5.17. The third-order valence-electron chi connectivity index (χ3n) is 4.05. The smallest absolute Gasteiger partial charge is 0.313 e. The van der Waals surface area contributed by atoms with Gasteiger partial charge in [0.15, 0.2) is 0 Å². The van der Waals surface area contributed by atoms with Gasteiger partial charge in [-0.3, -0.25) is 9.59 Å². The van der Waals surface area contributed by atoms with Crippen LogP contribution in [-0.4, -0.2) is 30.5 Å². The van der Waals surface area contributed by atoms with E-state index >= 15 is 0 Å². The lowest BCUT2D eigenvalue weighted by atomic mass is 10.2. The minimum absolute atomic E-state index is 0.335. The van der Waals surface area contributed by atoms with Crippen molar-refractivity contribution >= 4 is 28.8 Å². The first-order valence-electron chi connectivity index (χ1n) is 8.80. The Morgan fingerprint density at radius 3 is 2.64 bits per heavy atom. The zero-order valence-electron chi connectivity index (χ0n) is 15.7. The minimum atomic E-state index is -0.716. The standard InChI is InChI=1S/C21H21N3O3S/c1-14-6-8-15(9-7-14)21-24-17(13-28-21)10-11-22-19(25)20(26)23-16-4-3-5-18(12-16)27-2/h3-9,12-13H,10-11H2,1-2H3,(H,22,25)(H,23,26). The first-order chi connectivity index (χ1) is 13.5. The second-order valence-electron chi connectivity index (χ2n) is 6.20. The molecule has 3 aromatic rings. The summed E-state index contributed by atoms with van der Waals surface area (Å²) in [7, 11) is 1.54. The summed E-state index contributed by atoms with van der Waals surface area (Å²) in [5.74, 6) is -0.796. The number of carbonyl (C=O) groups excluding carboxylic acids is 2. The first kappa shape index (κ1) is 19.6. The van der Waals surface area contributed by atoms with Gasteiger partial charge in [0.25, 0.3) is 0 Å². The molecule has 0 aliphatic rings. The van der Waals surface area contributed by atoms with E-state index in [1.807, 2.05) is 24.4 Å². The minimum Gasteiger partial charge on any atom is -0.497 e. The fourth-order valence-electron chi connectivity index (χ4n) is 2.52. The Morgan fingerprint density at radius 2 is 1.89 bits per heavy atom. The Morgan fingerprint density at radius 1 is 1.11 bits per heavy atom. The molecule has 1 aromatic heterocycles. The summed E-state index contributed by atoms with van der Waals surface area (Å²) < 4.78 is 5.09. The lowest BCUT2D eigenvalue weighted by Crippen LogP contribution is -2.36. The molecule has 2 amide bonds. The number of hydrogen-bond acceptors (Lipinski definition) is 5. The molecule has 2 N–H and O–H groups in total. The van der Waals surface area contributed by atoms with Crippen molar-refractivity contribution in [2.45, 2.75) is 13.3 Å². The van der Waals surface area contributed by atoms with E-state index in [0.717, 1.165) is 16.3 Å². The van der Waals surface area contributed by atoms with Crippen LogP contribution in [0.25, 0.3) is 10.6 Å². The van der Waals surface area contributed by atoms with E-state index in [1.165, 1.54) is 12.7 Å². The maximum absolute atomic E-state index is 12.0. The van der Waals surface area contributed by atoms with Gasteiger partial charge in [-0.1, -0.05) is 35.9 Å². The van der Waals surface area contributed by atoms with Gasteiger partial charge >= 0.3 is 11.8 Å². The van der Waals surface area contributed by atoms with Crippen LogP contribution < -0.4 is 15.4 Å². The molecule has 0 unspecified atom stereocenters. The lowest BCUT2D eigenvalue weighted by Gasteiger charge is -2.07. The van der Waals surface area contributed by atoms with E-state index in [9.17, 15) is 9.59 Å². The summed E-state index contributed by atoms with van der Waals surface area (Å²) in [4.78, 5) is 28.6. The number of rotatable bonds is 6. The molecule has 28 heavy (non-hydrogen) atoms. The zero-order chi connectivity index (χ0) is 19.9. The Kier molecular flexibility index (Phi) is 6.39. The van der Waals surface area contributed by atoms with E-state index in [1.54, 1.807) is 35.6 Å². The van der Waals surface area contributed by atoms with Gasteiger partial charge in [0.2, 0.25) is 0 Å². The molecular formula is C21H21N3O3S. The SMILES string of the molecule is COc1cccc(NC(=O)C(=O)NCCc2csc(-c3ccc(C)cc3)n2)c1. The predicted molar refractivity (Wildman–Crippen MR) is 111 cm³/mol. The summed E-state index contributed by atoms with van der Waals surface area (Å²) >= 11 is 1.56. The van der Waals surface area contributed by atoms with Crippen molar-refractivity contribution in [3.05, 3.63) is 65.2 Å². The molecule has 7 heteroatoms. The lowest BCUT2D eigenvalue weighted by molar-refractivity contribution is -0.136. The average molecular weight is 395 g/mol. The number of thiazole rings is 1. The van der Waals surface area contributed by atoms with Crippen molar-refractivity contribution in [2.75, 3.05) is 19.0 Å². The van der Waals surface area contributed by atoms with Crippen molar-refractivity contribution in [2.24, 2.45) is 0 Å². The fourth-order valence-corrected chi connectivity index (χ4v) is 3.38. The van der Waals surface area contributed by atoms with E-state index in [4.69, 9.17) is 4.74 Å². The molecule has 0 bridgehead atoms. The molecule has 0 aliphatic heterocycles. The largest absolute Gasteiger partial charge is 0.497 e. The number of aryl methyl sites for hydroxylation is 1. The van der Waals surface area contributed by atoms with Crippen LogP contribution in [0.3, 0.4) is 0 Å². The molecule has 0 spiro atoms. The number of carbonyl (C=O) groups is 2. The maximum Gasteiger partial charge on any atom is 0.313 e. The van der Waals surface area contributed by atoms with E-state index in [2.05, 4.69) is 27.8 Å². The normalized spacial score (nSPS) is 10.4. The molecule has 1 heterocycles. The zero-order valence-corrected chi connectivity index (χ0v) is 16.5. The summed E-state index contributed by atoms with van der Waals surface area (Å²) in [6.07, 6.45) is 0.556. The van der Waals surface area contributed by atoms with Crippen molar-refractivity contribution < 1.29 is 14.3 Å². The maximum atomic E-state index is 12.0. The first-order valence-corrected chi connectivity index (χ1v) is 9.68. The van der Waals surface area contributed by atoms with Gasteiger partial charge < -0.3 is 15.4 Å². The van der Waals surface area contributed by atoms with Gasteiger partial charge in [-0.05, 0) is 19.1 Å². The highest BCUT2D eigenvalue weighted by Gasteiger charge is 2.14. The summed E-state index contributed by atoms with van der Waals surface area (Å²) in [5, 5.41) is 8.08. The van der Waals surface area contributed by atoms with Crippen LogP contribution in [-0.2, 0) is 16.0 Å².